The fourth-order valence-corrected chi connectivity index (χ4v) is 3.17. The van der Waals surface area contributed by atoms with Crippen LogP contribution in [0.2, 0.25) is 0 Å². The van der Waals surface area contributed by atoms with Crippen molar-refractivity contribution < 1.29 is 9.53 Å². The van der Waals surface area contributed by atoms with E-state index in [1.54, 1.807) is 0 Å². The van der Waals surface area contributed by atoms with E-state index in [9.17, 15) is 4.79 Å². The molecule has 1 aliphatic carbocycles. The van der Waals surface area contributed by atoms with E-state index in [4.69, 9.17) is 4.74 Å². The average molecular weight is 340 g/mol. The Bertz CT molecular complexity index is 454. The molecule has 1 N–H and O–H groups in total. The normalized spacial score (nSPS) is 19.4. The smallest absolute Gasteiger partial charge is 0.330 e. The largest absolute Gasteiger partial charge is 0.467 e. The van der Waals surface area contributed by atoms with Gasteiger partial charge in [0.1, 0.15) is 5.54 Å². The minimum Gasteiger partial charge on any atom is -0.467 e. The van der Waals surface area contributed by atoms with E-state index >= 15 is 0 Å². The van der Waals surface area contributed by atoms with E-state index in [2.05, 4.69) is 21.2 Å². The maximum Gasteiger partial charge on any atom is 0.330 e. The molecule has 1 unspecified atom stereocenters. The molecule has 110 valence electrons. The van der Waals surface area contributed by atoms with E-state index in [0.29, 0.717) is 6.04 Å². The number of esters is 1. The van der Waals surface area contributed by atoms with Crippen molar-refractivity contribution >= 4 is 21.9 Å². The fourth-order valence-electron chi connectivity index (χ4n) is 2.90. The molecule has 1 fully saturated rings. The van der Waals surface area contributed by atoms with Gasteiger partial charge in [-0.2, -0.15) is 0 Å². The molecule has 0 aromatic heterocycles. The molecule has 2 rings (SSSR count). The van der Waals surface area contributed by atoms with Gasteiger partial charge in [-0.15, -0.1) is 0 Å². The molecule has 0 saturated heterocycles. The molecule has 1 aromatic carbocycles. The van der Waals surface area contributed by atoms with Crippen LogP contribution in [0.5, 0.6) is 0 Å². The molecule has 0 spiro atoms. The molecule has 1 aromatic rings. The highest BCUT2D eigenvalue weighted by molar-refractivity contribution is 9.10. The maximum absolute atomic E-state index is 12.3. The summed E-state index contributed by atoms with van der Waals surface area (Å²) in [5.74, 6) is -0.231. The van der Waals surface area contributed by atoms with Gasteiger partial charge in [0, 0.05) is 10.5 Å². The molecule has 1 aliphatic rings. The summed E-state index contributed by atoms with van der Waals surface area (Å²) in [4.78, 5) is 12.3. The predicted octanol–water partition coefficient (Wildman–Crippen LogP) is 3.76. The third kappa shape index (κ3) is 3.41. The average Bonchev–Trinajstić information content (AvgIpc) is 2.48. The number of hydrogen-bond acceptors (Lipinski definition) is 3. The highest BCUT2D eigenvalue weighted by atomic mass is 79.9. The minimum absolute atomic E-state index is 0.231. The van der Waals surface area contributed by atoms with Crippen LogP contribution >= 0.6 is 15.9 Å². The van der Waals surface area contributed by atoms with Crippen LogP contribution in [0.1, 0.15) is 44.6 Å². The maximum atomic E-state index is 12.3. The number of hydrogen-bond donors (Lipinski definition) is 1. The number of halogens is 1. The van der Waals surface area contributed by atoms with Gasteiger partial charge < -0.3 is 4.74 Å². The molecule has 0 bridgehead atoms. The zero-order valence-electron chi connectivity index (χ0n) is 12.1. The first kappa shape index (κ1) is 15.5. The zero-order valence-corrected chi connectivity index (χ0v) is 13.7. The zero-order chi connectivity index (χ0) is 14.6. The lowest BCUT2D eigenvalue weighted by atomic mass is 9.87. The topological polar surface area (TPSA) is 38.3 Å². The van der Waals surface area contributed by atoms with Crippen molar-refractivity contribution in [2.24, 2.45) is 0 Å². The monoisotopic (exact) mass is 339 g/mol. The summed E-state index contributed by atoms with van der Waals surface area (Å²) in [6.45, 7) is 1.91. The van der Waals surface area contributed by atoms with Gasteiger partial charge in [-0.3, -0.25) is 5.32 Å². The van der Waals surface area contributed by atoms with Crippen molar-refractivity contribution in [3.05, 3.63) is 34.3 Å². The summed E-state index contributed by atoms with van der Waals surface area (Å²) in [6, 6.07) is 8.24. The van der Waals surface area contributed by atoms with Crippen molar-refractivity contribution in [2.75, 3.05) is 7.11 Å². The predicted molar refractivity (Wildman–Crippen MR) is 83.5 cm³/mol. The first-order chi connectivity index (χ1) is 9.56. The van der Waals surface area contributed by atoms with Gasteiger partial charge in [0.25, 0.3) is 0 Å². The Morgan fingerprint density at radius 1 is 1.25 bits per heavy atom. The van der Waals surface area contributed by atoms with Gasteiger partial charge in [0.2, 0.25) is 0 Å². The molecule has 0 aliphatic heterocycles. The van der Waals surface area contributed by atoms with Crippen molar-refractivity contribution in [1.29, 1.82) is 0 Å². The highest BCUT2D eigenvalue weighted by Gasteiger charge is 2.38. The first-order valence-corrected chi connectivity index (χ1v) is 7.98. The van der Waals surface area contributed by atoms with E-state index in [1.165, 1.54) is 26.4 Å². The summed E-state index contributed by atoms with van der Waals surface area (Å²) in [5, 5.41) is 3.53. The van der Waals surface area contributed by atoms with Crippen molar-refractivity contribution in [1.82, 2.24) is 5.32 Å². The van der Waals surface area contributed by atoms with Crippen LogP contribution < -0.4 is 5.32 Å². The van der Waals surface area contributed by atoms with Crippen LogP contribution in [0, 0.1) is 0 Å². The summed E-state index contributed by atoms with van der Waals surface area (Å²) in [6.07, 6.45) is 6.02. The summed E-state index contributed by atoms with van der Waals surface area (Å²) >= 11 is 3.43. The molecule has 0 heterocycles. The number of carbonyl (C=O) groups excluding carboxylic acids is 1. The Hall–Kier alpha value is -0.870. The van der Waals surface area contributed by atoms with Crippen molar-refractivity contribution in [3.63, 3.8) is 0 Å². The molecule has 1 saturated carbocycles. The second-order valence-electron chi connectivity index (χ2n) is 5.60. The summed E-state index contributed by atoms with van der Waals surface area (Å²) in [5.41, 5.74) is 0.162. The lowest BCUT2D eigenvalue weighted by Gasteiger charge is -2.35. The third-order valence-electron chi connectivity index (χ3n) is 4.11. The van der Waals surface area contributed by atoms with Crippen molar-refractivity contribution in [3.8, 4) is 0 Å². The van der Waals surface area contributed by atoms with Crippen LogP contribution in [0.25, 0.3) is 0 Å². The standard InChI is InChI=1S/C16H22BrNO2/c1-16(15(19)20-2,12-8-10-13(17)11-9-12)18-14-6-4-3-5-7-14/h8-11,14,18H,3-7H2,1-2H3. The molecular weight excluding hydrogens is 318 g/mol. The van der Waals surface area contributed by atoms with Gasteiger partial charge in [-0.25, -0.2) is 4.79 Å². The van der Waals surface area contributed by atoms with Gasteiger partial charge in [0.15, 0.2) is 0 Å². The molecular formula is C16H22BrNO2. The van der Waals surface area contributed by atoms with Gasteiger partial charge in [-0.1, -0.05) is 47.3 Å². The third-order valence-corrected chi connectivity index (χ3v) is 4.64. The number of methoxy groups -OCH3 is 1. The van der Waals surface area contributed by atoms with Crippen LogP contribution in [0.4, 0.5) is 0 Å². The number of ether oxygens (including phenoxy) is 1. The van der Waals surface area contributed by atoms with E-state index in [1.807, 2.05) is 31.2 Å². The highest BCUT2D eigenvalue weighted by Crippen LogP contribution is 2.28. The van der Waals surface area contributed by atoms with Crippen LogP contribution in [-0.2, 0) is 15.1 Å². The summed E-state index contributed by atoms with van der Waals surface area (Å²) < 4.78 is 6.03. The summed E-state index contributed by atoms with van der Waals surface area (Å²) in [7, 11) is 1.45. The van der Waals surface area contributed by atoms with Gasteiger partial charge in [0.05, 0.1) is 7.11 Å². The van der Waals surface area contributed by atoms with Crippen molar-refractivity contribution in [2.45, 2.75) is 50.6 Å². The lowest BCUT2D eigenvalue weighted by Crippen LogP contribution is -2.52. The molecule has 20 heavy (non-hydrogen) atoms. The lowest BCUT2D eigenvalue weighted by molar-refractivity contribution is -0.148. The Kier molecular flexibility index (Phi) is 5.22. The second kappa shape index (κ2) is 6.72. The first-order valence-electron chi connectivity index (χ1n) is 7.18. The van der Waals surface area contributed by atoms with Gasteiger partial charge >= 0.3 is 5.97 Å². The number of nitrogens with one attached hydrogen (secondary N) is 1. The van der Waals surface area contributed by atoms with Crippen LogP contribution in [0.3, 0.4) is 0 Å². The number of carbonyl (C=O) groups is 1. The Morgan fingerprint density at radius 3 is 2.40 bits per heavy atom. The Balaban J connectivity index is 2.24. The molecule has 1 atom stereocenters. The number of benzene rings is 1. The Labute approximate surface area is 129 Å². The fraction of sp³-hybridized carbons (Fsp3) is 0.562. The Morgan fingerprint density at radius 2 is 1.85 bits per heavy atom. The van der Waals surface area contributed by atoms with Crippen LogP contribution in [-0.4, -0.2) is 19.1 Å². The second-order valence-corrected chi connectivity index (χ2v) is 6.52. The molecule has 0 radical (unpaired) electrons. The molecule has 3 nitrogen and oxygen atoms in total. The van der Waals surface area contributed by atoms with E-state index in [0.717, 1.165) is 22.9 Å². The molecule has 0 amide bonds. The van der Waals surface area contributed by atoms with E-state index < -0.39 is 5.54 Å². The van der Waals surface area contributed by atoms with Crippen LogP contribution in [0.15, 0.2) is 28.7 Å². The number of rotatable bonds is 4. The van der Waals surface area contributed by atoms with Gasteiger partial charge in [-0.05, 0) is 37.5 Å². The minimum atomic E-state index is -0.780. The SMILES string of the molecule is COC(=O)C(C)(NC1CCCCC1)c1ccc(Br)cc1. The van der Waals surface area contributed by atoms with E-state index in [-0.39, 0.29) is 5.97 Å². The quantitative estimate of drug-likeness (QED) is 0.848. The molecule has 4 heteroatoms.